The zero-order valence-electron chi connectivity index (χ0n) is 13.2. The molecule has 2 atom stereocenters. The van der Waals surface area contributed by atoms with Gasteiger partial charge in [-0.15, -0.1) is 0 Å². The van der Waals surface area contributed by atoms with Gasteiger partial charge in [0.1, 0.15) is 0 Å². The summed E-state index contributed by atoms with van der Waals surface area (Å²) >= 11 is 0. The maximum Gasteiger partial charge on any atom is 0.227 e. The van der Waals surface area contributed by atoms with E-state index >= 15 is 0 Å². The van der Waals surface area contributed by atoms with Gasteiger partial charge in [0.05, 0.1) is 12.1 Å². The molecule has 1 saturated carbocycles. The van der Waals surface area contributed by atoms with Crippen LogP contribution in [0.2, 0.25) is 0 Å². The van der Waals surface area contributed by atoms with E-state index in [0.29, 0.717) is 12.3 Å². The monoisotopic (exact) mass is 305 g/mol. The van der Waals surface area contributed by atoms with E-state index < -0.39 is 0 Å². The van der Waals surface area contributed by atoms with Crippen molar-refractivity contribution in [1.29, 1.82) is 0 Å². The first kappa shape index (κ1) is 15.5. The van der Waals surface area contributed by atoms with Crippen molar-refractivity contribution in [2.24, 2.45) is 5.92 Å². The second-order valence-corrected chi connectivity index (χ2v) is 6.77. The lowest BCUT2D eigenvalue weighted by atomic mass is 9.81. The van der Waals surface area contributed by atoms with Crippen LogP contribution in [0.15, 0.2) is 6.20 Å². The predicted octanol–water partition coefficient (Wildman–Crippen LogP) is 2.28. The molecule has 122 valence electrons. The Bertz CT molecular complexity index is 494. The van der Waals surface area contributed by atoms with Crippen LogP contribution in [0.5, 0.6) is 0 Å². The van der Waals surface area contributed by atoms with Crippen LogP contribution in [0.3, 0.4) is 0 Å². The number of nitrogens with one attached hydrogen (secondary N) is 2. The zero-order valence-corrected chi connectivity index (χ0v) is 13.2. The van der Waals surface area contributed by atoms with Crippen molar-refractivity contribution in [3.8, 4) is 0 Å². The lowest BCUT2D eigenvalue weighted by Crippen LogP contribution is -2.44. The number of fused-ring (bicyclic) bond motifs is 1. The standard InChI is InChI=1S/C17H27N3O2/c21-10-9-15(12-5-2-1-3-6-12)19-17(22)13-7-4-8-16-14(13)11-18-20-16/h11-13,15,21H,1-10H2,(H,18,20)(H,19,22). The fraction of sp³-hybridized carbons (Fsp3) is 0.765. The van der Waals surface area contributed by atoms with Crippen LogP contribution in [0.1, 0.15) is 68.5 Å². The highest BCUT2D eigenvalue weighted by Crippen LogP contribution is 2.32. The Labute approximate surface area is 131 Å². The number of aryl methyl sites for hydroxylation is 1. The van der Waals surface area contributed by atoms with Crippen LogP contribution >= 0.6 is 0 Å². The molecule has 22 heavy (non-hydrogen) atoms. The van der Waals surface area contributed by atoms with Crippen LogP contribution in [0.25, 0.3) is 0 Å². The predicted molar refractivity (Wildman–Crippen MR) is 84.5 cm³/mol. The zero-order chi connectivity index (χ0) is 15.4. The van der Waals surface area contributed by atoms with Crippen LogP contribution in [0.4, 0.5) is 0 Å². The highest BCUT2D eigenvalue weighted by atomic mass is 16.3. The number of amides is 1. The molecule has 0 bridgehead atoms. The fourth-order valence-corrected chi connectivity index (χ4v) is 4.12. The summed E-state index contributed by atoms with van der Waals surface area (Å²) in [6.45, 7) is 0.142. The molecule has 5 heteroatoms. The van der Waals surface area contributed by atoms with E-state index in [1.165, 1.54) is 32.1 Å². The summed E-state index contributed by atoms with van der Waals surface area (Å²) in [6.07, 6.45) is 11.5. The molecule has 1 fully saturated rings. The molecule has 3 N–H and O–H groups in total. The van der Waals surface area contributed by atoms with Gasteiger partial charge in [-0.2, -0.15) is 5.10 Å². The molecule has 0 saturated heterocycles. The van der Waals surface area contributed by atoms with Crippen LogP contribution in [-0.4, -0.2) is 33.9 Å². The van der Waals surface area contributed by atoms with E-state index in [1.54, 1.807) is 6.20 Å². The third kappa shape index (κ3) is 3.35. The number of rotatable bonds is 5. The summed E-state index contributed by atoms with van der Waals surface area (Å²) in [5.74, 6) is 0.566. The van der Waals surface area contributed by atoms with E-state index in [2.05, 4.69) is 15.5 Å². The summed E-state index contributed by atoms with van der Waals surface area (Å²) in [4.78, 5) is 12.8. The summed E-state index contributed by atoms with van der Waals surface area (Å²) in [6, 6.07) is 0.120. The fourth-order valence-electron chi connectivity index (χ4n) is 4.12. The minimum Gasteiger partial charge on any atom is -0.396 e. The SMILES string of the molecule is O=C(NC(CCO)C1CCCCC1)C1CCCc2[nH]ncc21. The Kier molecular flexibility index (Phi) is 5.13. The van der Waals surface area contributed by atoms with Crippen molar-refractivity contribution < 1.29 is 9.90 Å². The van der Waals surface area contributed by atoms with Crippen LogP contribution < -0.4 is 5.32 Å². The van der Waals surface area contributed by atoms with Crippen molar-refractivity contribution in [3.05, 3.63) is 17.5 Å². The van der Waals surface area contributed by atoms with Crippen LogP contribution in [0, 0.1) is 5.92 Å². The maximum atomic E-state index is 12.8. The average Bonchev–Trinajstić information content (AvgIpc) is 3.03. The third-order valence-electron chi connectivity index (χ3n) is 5.35. The summed E-state index contributed by atoms with van der Waals surface area (Å²) in [7, 11) is 0. The molecule has 0 radical (unpaired) electrons. The molecule has 1 amide bonds. The molecule has 1 heterocycles. The number of aromatic nitrogens is 2. The Morgan fingerprint density at radius 2 is 2.14 bits per heavy atom. The topological polar surface area (TPSA) is 78.0 Å². The molecular weight excluding hydrogens is 278 g/mol. The smallest absolute Gasteiger partial charge is 0.227 e. The molecular formula is C17H27N3O2. The van der Waals surface area contributed by atoms with E-state index in [1.807, 2.05) is 0 Å². The molecule has 1 aromatic rings. The minimum atomic E-state index is -0.0766. The summed E-state index contributed by atoms with van der Waals surface area (Å²) < 4.78 is 0. The van der Waals surface area contributed by atoms with Gasteiger partial charge < -0.3 is 10.4 Å². The first-order valence-corrected chi connectivity index (χ1v) is 8.73. The van der Waals surface area contributed by atoms with E-state index in [-0.39, 0.29) is 24.5 Å². The van der Waals surface area contributed by atoms with Gasteiger partial charge in [-0.25, -0.2) is 0 Å². The quantitative estimate of drug-likeness (QED) is 0.781. The highest BCUT2D eigenvalue weighted by Gasteiger charge is 2.31. The lowest BCUT2D eigenvalue weighted by molar-refractivity contribution is -0.124. The lowest BCUT2D eigenvalue weighted by Gasteiger charge is -2.32. The summed E-state index contributed by atoms with van der Waals surface area (Å²) in [5, 5.41) is 19.7. The molecule has 2 unspecified atom stereocenters. The second-order valence-electron chi connectivity index (χ2n) is 6.77. The van der Waals surface area contributed by atoms with Gasteiger partial charge in [0.2, 0.25) is 5.91 Å². The van der Waals surface area contributed by atoms with Crippen molar-refractivity contribution in [2.45, 2.75) is 69.7 Å². The maximum absolute atomic E-state index is 12.8. The first-order valence-electron chi connectivity index (χ1n) is 8.73. The van der Waals surface area contributed by atoms with Gasteiger partial charge in [0.15, 0.2) is 0 Å². The number of H-pyrrole nitrogens is 1. The van der Waals surface area contributed by atoms with E-state index in [9.17, 15) is 9.90 Å². The highest BCUT2D eigenvalue weighted by molar-refractivity contribution is 5.84. The molecule has 0 aromatic carbocycles. The molecule has 0 aliphatic heterocycles. The summed E-state index contributed by atoms with van der Waals surface area (Å²) in [5.41, 5.74) is 2.18. The number of aromatic amines is 1. The molecule has 5 nitrogen and oxygen atoms in total. The number of carbonyl (C=O) groups excluding carboxylic acids is 1. The van der Waals surface area contributed by atoms with Gasteiger partial charge in [0, 0.05) is 23.9 Å². The average molecular weight is 305 g/mol. The Hall–Kier alpha value is -1.36. The number of aliphatic hydroxyl groups excluding tert-OH is 1. The Morgan fingerprint density at radius 1 is 1.32 bits per heavy atom. The third-order valence-corrected chi connectivity index (χ3v) is 5.35. The number of carbonyl (C=O) groups is 1. The van der Waals surface area contributed by atoms with Crippen molar-refractivity contribution in [1.82, 2.24) is 15.5 Å². The van der Waals surface area contributed by atoms with E-state index in [4.69, 9.17) is 0 Å². The molecule has 2 aliphatic carbocycles. The van der Waals surface area contributed by atoms with Gasteiger partial charge in [-0.05, 0) is 44.4 Å². The van der Waals surface area contributed by atoms with Crippen molar-refractivity contribution >= 4 is 5.91 Å². The van der Waals surface area contributed by atoms with Gasteiger partial charge in [0.25, 0.3) is 0 Å². The first-order chi connectivity index (χ1) is 10.8. The van der Waals surface area contributed by atoms with Crippen molar-refractivity contribution in [3.63, 3.8) is 0 Å². The van der Waals surface area contributed by atoms with Gasteiger partial charge >= 0.3 is 0 Å². The Morgan fingerprint density at radius 3 is 2.91 bits per heavy atom. The minimum absolute atomic E-state index is 0.0766. The van der Waals surface area contributed by atoms with Crippen LogP contribution in [-0.2, 0) is 11.2 Å². The number of aliphatic hydroxyl groups is 1. The number of hydrogen-bond donors (Lipinski definition) is 3. The largest absolute Gasteiger partial charge is 0.396 e. The second kappa shape index (κ2) is 7.27. The van der Waals surface area contributed by atoms with Gasteiger partial charge in [-0.3, -0.25) is 9.89 Å². The normalized spacial score (nSPS) is 23.8. The molecule has 2 aliphatic rings. The molecule has 0 spiro atoms. The number of nitrogens with zero attached hydrogens (tertiary/aromatic N) is 1. The van der Waals surface area contributed by atoms with Gasteiger partial charge in [-0.1, -0.05) is 19.3 Å². The van der Waals surface area contributed by atoms with Crippen molar-refractivity contribution in [2.75, 3.05) is 6.61 Å². The molecule has 1 aromatic heterocycles. The molecule has 3 rings (SSSR count). The Balaban J connectivity index is 1.66. The van der Waals surface area contributed by atoms with E-state index in [0.717, 1.165) is 30.5 Å². The number of hydrogen-bond acceptors (Lipinski definition) is 3.